The summed E-state index contributed by atoms with van der Waals surface area (Å²) in [5.74, 6) is 0.629. The lowest BCUT2D eigenvalue weighted by Crippen LogP contribution is -2.50. The van der Waals surface area contributed by atoms with Crippen LogP contribution in [0.1, 0.15) is 40.3 Å². The molecule has 1 fully saturated rings. The van der Waals surface area contributed by atoms with Gasteiger partial charge in [0.15, 0.2) is 0 Å². The van der Waals surface area contributed by atoms with E-state index >= 15 is 0 Å². The number of methoxy groups -OCH3 is 1. The van der Waals surface area contributed by atoms with E-state index in [-0.39, 0.29) is 11.9 Å². The van der Waals surface area contributed by atoms with Crippen LogP contribution in [0.4, 0.5) is 0 Å². The summed E-state index contributed by atoms with van der Waals surface area (Å²) < 4.78 is 9.45. The minimum atomic E-state index is -0.269. The quantitative estimate of drug-likeness (QED) is 0.724. The van der Waals surface area contributed by atoms with Crippen LogP contribution >= 0.6 is 11.5 Å². The molecule has 0 N–H and O–H groups in total. The highest BCUT2D eigenvalue weighted by molar-refractivity contribution is 7.08. The van der Waals surface area contributed by atoms with Crippen LogP contribution in [-0.2, 0) is 11.2 Å². The third-order valence-electron chi connectivity index (χ3n) is 4.56. The Morgan fingerprint density at radius 1 is 1.38 bits per heavy atom. The van der Waals surface area contributed by atoms with Gasteiger partial charge in [0.1, 0.15) is 10.6 Å². The highest BCUT2D eigenvalue weighted by Crippen LogP contribution is 2.33. The zero-order valence-electron chi connectivity index (χ0n) is 14.9. The Bertz CT molecular complexity index is 779. The van der Waals surface area contributed by atoms with E-state index in [0.717, 1.165) is 42.0 Å². The molecule has 0 bridgehead atoms. The molecule has 3 rings (SSSR count). The fourth-order valence-electron chi connectivity index (χ4n) is 3.25. The normalized spacial score (nSPS) is 17.2. The van der Waals surface area contributed by atoms with Crippen LogP contribution in [0.25, 0.3) is 0 Å². The third-order valence-corrected chi connectivity index (χ3v) is 5.31. The molecule has 0 unspecified atom stereocenters. The number of hydrogen-bond donors (Lipinski definition) is 0. The van der Waals surface area contributed by atoms with Crippen LogP contribution < -0.4 is 4.74 Å². The molecule has 2 heterocycles. The number of ether oxygens (including phenoxy) is 1. The van der Waals surface area contributed by atoms with E-state index in [2.05, 4.69) is 9.59 Å². The number of aryl methyl sites for hydroxylation is 1. The Morgan fingerprint density at radius 2 is 2.19 bits per heavy atom. The third kappa shape index (κ3) is 3.55. The van der Waals surface area contributed by atoms with Crippen molar-refractivity contribution >= 4 is 23.8 Å². The maximum atomic E-state index is 13.2. The summed E-state index contributed by atoms with van der Waals surface area (Å²) in [6, 6.07) is 7.34. The second kappa shape index (κ2) is 8.27. The molecule has 0 saturated carbocycles. The van der Waals surface area contributed by atoms with Gasteiger partial charge in [-0.3, -0.25) is 9.59 Å². The minimum Gasteiger partial charge on any atom is -0.496 e. The molecule has 2 aromatic rings. The Balaban J connectivity index is 1.96. The summed E-state index contributed by atoms with van der Waals surface area (Å²) in [5, 5.41) is 4.11. The topological polar surface area (TPSA) is 75.6 Å². The molecule has 0 aliphatic carbocycles. The van der Waals surface area contributed by atoms with Gasteiger partial charge in [-0.15, -0.1) is 5.10 Å². The molecule has 1 aliphatic rings. The van der Waals surface area contributed by atoms with Crippen LogP contribution in [0.15, 0.2) is 24.3 Å². The first-order valence-electron chi connectivity index (χ1n) is 8.64. The monoisotopic (exact) mass is 374 g/mol. The van der Waals surface area contributed by atoms with Crippen molar-refractivity contribution in [3.8, 4) is 5.75 Å². The number of benzene rings is 1. The molecular weight excluding hydrogens is 352 g/mol. The number of aromatic nitrogens is 2. The lowest BCUT2D eigenvalue weighted by molar-refractivity contribution is -0.120. The fraction of sp³-hybridized carbons (Fsp3) is 0.444. The summed E-state index contributed by atoms with van der Waals surface area (Å²) in [6.45, 7) is 3.46. The molecule has 1 atom stereocenters. The largest absolute Gasteiger partial charge is 0.496 e. The number of amides is 2. The van der Waals surface area contributed by atoms with E-state index < -0.39 is 0 Å². The maximum Gasteiger partial charge on any atom is 0.268 e. The molecule has 138 valence electrons. The van der Waals surface area contributed by atoms with Crippen molar-refractivity contribution in [3.63, 3.8) is 0 Å². The number of piperazine rings is 1. The van der Waals surface area contributed by atoms with E-state index in [1.165, 1.54) is 0 Å². The standard InChI is InChI=1S/C18H22N4O3S/c1-3-6-14-17(26-20-19-14)18(24)22-10-9-21(12-23)11-15(22)13-7-4-5-8-16(13)25-2/h4-5,7-8,12,15H,3,6,9-11H2,1-2H3/t15-/m0/s1. The van der Waals surface area contributed by atoms with E-state index in [9.17, 15) is 9.59 Å². The number of carbonyl (C=O) groups is 2. The van der Waals surface area contributed by atoms with Gasteiger partial charge in [0.05, 0.1) is 18.8 Å². The Hall–Kier alpha value is -2.48. The zero-order chi connectivity index (χ0) is 18.5. The zero-order valence-corrected chi connectivity index (χ0v) is 15.7. The van der Waals surface area contributed by atoms with Gasteiger partial charge < -0.3 is 14.5 Å². The summed E-state index contributed by atoms with van der Waals surface area (Å²) in [5.41, 5.74) is 1.64. The molecular formula is C18H22N4O3S. The molecule has 1 aromatic heterocycles. The first kappa shape index (κ1) is 18.3. The molecule has 0 radical (unpaired) electrons. The number of para-hydroxylation sites is 1. The first-order chi connectivity index (χ1) is 12.7. The summed E-state index contributed by atoms with van der Waals surface area (Å²) in [6.07, 6.45) is 2.47. The maximum absolute atomic E-state index is 13.2. The summed E-state index contributed by atoms with van der Waals surface area (Å²) in [7, 11) is 1.61. The Kier molecular flexibility index (Phi) is 5.82. The Labute approximate surface area is 156 Å². The number of rotatable bonds is 6. The molecule has 8 heteroatoms. The van der Waals surface area contributed by atoms with E-state index in [0.29, 0.717) is 30.3 Å². The first-order valence-corrected chi connectivity index (χ1v) is 9.41. The van der Waals surface area contributed by atoms with Crippen molar-refractivity contribution in [1.29, 1.82) is 0 Å². The van der Waals surface area contributed by atoms with Crippen molar-refractivity contribution in [2.75, 3.05) is 26.7 Å². The second-order valence-electron chi connectivity index (χ2n) is 6.16. The predicted octanol–water partition coefficient (Wildman–Crippen LogP) is 2.15. The number of nitrogens with zero attached hydrogens (tertiary/aromatic N) is 4. The van der Waals surface area contributed by atoms with Crippen molar-refractivity contribution < 1.29 is 14.3 Å². The number of carbonyl (C=O) groups excluding carboxylic acids is 2. The van der Waals surface area contributed by atoms with Crippen LogP contribution in [0.3, 0.4) is 0 Å². The molecule has 1 saturated heterocycles. The van der Waals surface area contributed by atoms with Crippen LogP contribution in [0, 0.1) is 0 Å². The lowest BCUT2D eigenvalue weighted by Gasteiger charge is -2.40. The van der Waals surface area contributed by atoms with Gasteiger partial charge >= 0.3 is 0 Å². The van der Waals surface area contributed by atoms with Crippen molar-refractivity contribution in [3.05, 3.63) is 40.4 Å². The van der Waals surface area contributed by atoms with Gasteiger partial charge in [0, 0.05) is 25.2 Å². The Morgan fingerprint density at radius 3 is 2.92 bits per heavy atom. The van der Waals surface area contributed by atoms with Crippen LogP contribution in [-0.4, -0.2) is 58.4 Å². The molecule has 1 aromatic carbocycles. The molecule has 2 amide bonds. The predicted molar refractivity (Wildman–Crippen MR) is 98.3 cm³/mol. The van der Waals surface area contributed by atoms with Gasteiger partial charge in [-0.1, -0.05) is 36.0 Å². The van der Waals surface area contributed by atoms with Gasteiger partial charge in [0.25, 0.3) is 5.91 Å². The molecule has 1 aliphatic heterocycles. The summed E-state index contributed by atoms with van der Waals surface area (Å²) in [4.78, 5) is 28.6. The van der Waals surface area contributed by atoms with Gasteiger partial charge in [0.2, 0.25) is 6.41 Å². The molecule has 26 heavy (non-hydrogen) atoms. The van der Waals surface area contributed by atoms with E-state index in [1.54, 1.807) is 12.0 Å². The fourth-order valence-corrected chi connectivity index (χ4v) is 3.92. The van der Waals surface area contributed by atoms with Gasteiger partial charge in [-0.05, 0) is 24.0 Å². The van der Waals surface area contributed by atoms with Crippen LogP contribution in [0.2, 0.25) is 0 Å². The van der Waals surface area contributed by atoms with Crippen molar-refractivity contribution in [2.45, 2.75) is 25.8 Å². The smallest absolute Gasteiger partial charge is 0.268 e. The molecule has 0 spiro atoms. The van der Waals surface area contributed by atoms with Gasteiger partial charge in [-0.2, -0.15) is 0 Å². The number of hydrogen-bond acceptors (Lipinski definition) is 6. The lowest BCUT2D eigenvalue weighted by atomic mass is 10.0. The van der Waals surface area contributed by atoms with Crippen molar-refractivity contribution in [2.24, 2.45) is 0 Å². The van der Waals surface area contributed by atoms with Crippen LogP contribution in [0.5, 0.6) is 5.75 Å². The second-order valence-corrected chi connectivity index (χ2v) is 6.91. The van der Waals surface area contributed by atoms with Crippen molar-refractivity contribution in [1.82, 2.24) is 19.4 Å². The summed E-state index contributed by atoms with van der Waals surface area (Å²) >= 11 is 1.14. The van der Waals surface area contributed by atoms with E-state index in [4.69, 9.17) is 4.74 Å². The van der Waals surface area contributed by atoms with E-state index in [1.807, 2.05) is 36.1 Å². The molecule has 7 nitrogen and oxygen atoms in total. The average molecular weight is 374 g/mol. The minimum absolute atomic E-state index is 0.0788. The highest BCUT2D eigenvalue weighted by atomic mass is 32.1. The average Bonchev–Trinajstić information content (AvgIpc) is 3.15. The SMILES string of the molecule is CCCc1nnsc1C(=O)N1CCN(C=O)C[C@H]1c1ccccc1OC. The van der Waals surface area contributed by atoms with Gasteiger partial charge in [-0.25, -0.2) is 0 Å². The highest BCUT2D eigenvalue weighted by Gasteiger charge is 2.35.